The minimum atomic E-state index is -0.624. The van der Waals surface area contributed by atoms with Gasteiger partial charge in [0.25, 0.3) is 0 Å². The zero-order valence-corrected chi connectivity index (χ0v) is 24.1. The van der Waals surface area contributed by atoms with E-state index in [4.69, 9.17) is 0 Å². The molecule has 0 N–H and O–H groups in total. The van der Waals surface area contributed by atoms with Crippen LogP contribution in [0.2, 0.25) is 0 Å². The van der Waals surface area contributed by atoms with Gasteiger partial charge in [-0.25, -0.2) is 0 Å². The number of hydrogen-bond donors (Lipinski definition) is 0. The molecule has 6 aromatic carbocycles. The van der Waals surface area contributed by atoms with Crippen LogP contribution < -0.4 is 31.8 Å². The molecule has 188 valence electrons. The lowest BCUT2D eigenvalue weighted by Gasteiger charge is -2.21. The van der Waals surface area contributed by atoms with E-state index >= 15 is 0 Å². The molecule has 0 saturated heterocycles. The summed E-state index contributed by atoms with van der Waals surface area (Å²) in [5.41, 5.74) is 0. The number of benzene rings is 6. The van der Waals surface area contributed by atoms with Gasteiger partial charge in [0, 0.05) is 9.79 Å². The van der Waals surface area contributed by atoms with Crippen LogP contribution in [-0.2, 0) is 0 Å². The summed E-state index contributed by atoms with van der Waals surface area (Å²) in [7, 11) is -1.25. The molecule has 0 fully saturated rings. The van der Waals surface area contributed by atoms with E-state index in [9.17, 15) is 0 Å². The molecule has 0 aromatic heterocycles. The van der Waals surface area contributed by atoms with Gasteiger partial charge in [-0.3, -0.25) is 0 Å². The Labute approximate surface area is 238 Å². The molecule has 0 aliphatic rings. The Hall–Kier alpha value is -3.47. The molecule has 0 unspecified atom stereocenters. The Morgan fingerprint density at radius 3 is 0.872 bits per heavy atom. The smallest absolute Gasteiger partial charge is 0.0128 e. The van der Waals surface area contributed by atoms with Crippen molar-refractivity contribution in [3.63, 3.8) is 0 Å². The maximum atomic E-state index is 2.39. The maximum Gasteiger partial charge on any atom is 0.0128 e. The van der Waals surface area contributed by atoms with Crippen LogP contribution in [0.25, 0.3) is 0 Å². The van der Waals surface area contributed by atoms with Gasteiger partial charge in [-0.05, 0) is 71.9 Å². The SMILES string of the molecule is c1ccc(P(c2ccccc2)c2cccc(Sc3cccc(P(c4ccccc4)c4ccccc4)c3)c2)cc1. The highest BCUT2D eigenvalue weighted by Gasteiger charge is 2.18. The van der Waals surface area contributed by atoms with Crippen molar-refractivity contribution >= 4 is 59.4 Å². The summed E-state index contributed by atoms with van der Waals surface area (Å²) in [5, 5.41) is 8.25. The molecule has 0 saturated carbocycles. The summed E-state index contributed by atoms with van der Waals surface area (Å²) in [6, 6.07) is 61.9. The highest BCUT2D eigenvalue weighted by Crippen LogP contribution is 2.37. The fourth-order valence-electron chi connectivity index (χ4n) is 4.71. The van der Waals surface area contributed by atoms with Crippen LogP contribution >= 0.6 is 27.6 Å². The van der Waals surface area contributed by atoms with Crippen LogP contribution in [0.15, 0.2) is 180 Å². The Bertz CT molecular complexity index is 1420. The van der Waals surface area contributed by atoms with Crippen LogP contribution in [0.5, 0.6) is 0 Å². The molecule has 6 rings (SSSR count). The molecule has 0 spiro atoms. The fraction of sp³-hybridized carbons (Fsp3) is 0. The Morgan fingerprint density at radius 2 is 0.564 bits per heavy atom. The van der Waals surface area contributed by atoms with Crippen molar-refractivity contribution in [1.29, 1.82) is 0 Å². The van der Waals surface area contributed by atoms with E-state index in [1.165, 1.54) is 41.6 Å². The normalized spacial score (nSPS) is 11.1. The molecule has 39 heavy (non-hydrogen) atoms. The highest BCUT2D eigenvalue weighted by atomic mass is 32.2. The van der Waals surface area contributed by atoms with Gasteiger partial charge >= 0.3 is 0 Å². The second-order valence-corrected chi connectivity index (χ2v) is 14.7. The predicted molar refractivity (Wildman–Crippen MR) is 174 cm³/mol. The molecule has 0 heterocycles. The van der Waals surface area contributed by atoms with E-state index in [1.807, 2.05) is 11.8 Å². The average molecular weight is 555 g/mol. The Morgan fingerprint density at radius 1 is 0.282 bits per heavy atom. The van der Waals surface area contributed by atoms with Crippen molar-refractivity contribution in [1.82, 2.24) is 0 Å². The fourth-order valence-corrected chi connectivity index (χ4v) is 10.5. The summed E-state index contributed by atoms with van der Waals surface area (Å²) in [6.07, 6.45) is 0. The molecule has 3 heteroatoms. The zero-order chi connectivity index (χ0) is 26.3. The summed E-state index contributed by atoms with van der Waals surface area (Å²) < 4.78 is 0. The molecule has 0 bridgehead atoms. The molecule has 0 nitrogen and oxygen atoms in total. The van der Waals surface area contributed by atoms with Crippen LogP contribution in [0.3, 0.4) is 0 Å². The Balaban J connectivity index is 1.34. The van der Waals surface area contributed by atoms with Crippen molar-refractivity contribution in [2.24, 2.45) is 0 Å². The van der Waals surface area contributed by atoms with E-state index in [2.05, 4.69) is 170 Å². The molecule has 0 radical (unpaired) electrons. The molecular weight excluding hydrogens is 526 g/mol. The van der Waals surface area contributed by atoms with Crippen molar-refractivity contribution < 1.29 is 0 Å². The molecule has 0 aliphatic heterocycles. The predicted octanol–water partition coefficient (Wildman–Crippen LogP) is 7.35. The highest BCUT2D eigenvalue weighted by molar-refractivity contribution is 7.99. The van der Waals surface area contributed by atoms with Gasteiger partial charge in [0.15, 0.2) is 0 Å². The van der Waals surface area contributed by atoms with E-state index in [0.29, 0.717) is 0 Å². The number of rotatable bonds is 8. The van der Waals surface area contributed by atoms with E-state index < -0.39 is 15.8 Å². The third kappa shape index (κ3) is 6.24. The lowest BCUT2D eigenvalue weighted by molar-refractivity contribution is 1.43. The maximum absolute atomic E-state index is 2.39. The van der Waals surface area contributed by atoms with Crippen molar-refractivity contribution in [3.8, 4) is 0 Å². The second-order valence-electron chi connectivity index (χ2n) is 9.11. The summed E-state index contributed by atoms with van der Waals surface area (Å²) >= 11 is 1.85. The van der Waals surface area contributed by atoms with Crippen molar-refractivity contribution in [3.05, 3.63) is 170 Å². The minimum Gasteiger partial charge on any atom is -0.0901 e. The van der Waals surface area contributed by atoms with Gasteiger partial charge in [-0.1, -0.05) is 157 Å². The van der Waals surface area contributed by atoms with Gasteiger partial charge in [0.05, 0.1) is 0 Å². The third-order valence-corrected chi connectivity index (χ3v) is 12.3. The zero-order valence-electron chi connectivity index (χ0n) is 21.5. The first-order valence-corrected chi connectivity index (χ1v) is 16.5. The van der Waals surface area contributed by atoms with Crippen molar-refractivity contribution in [2.45, 2.75) is 9.79 Å². The average Bonchev–Trinajstić information content (AvgIpc) is 3.00. The number of hydrogen-bond acceptors (Lipinski definition) is 1. The minimum absolute atomic E-state index is 0.624. The van der Waals surface area contributed by atoms with E-state index in [-0.39, 0.29) is 0 Å². The van der Waals surface area contributed by atoms with Crippen molar-refractivity contribution in [2.75, 3.05) is 0 Å². The van der Waals surface area contributed by atoms with Crippen LogP contribution in [0, 0.1) is 0 Å². The standard InChI is InChI=1S/C36H28P2S/c1-5-15-29(16-6-1)37(30-17-7-2-8-18-30)33-23-13-25-35(27-33)39-36-26-14-24-34(28-36)38(31-19-9-3-10-20-31)32-21-11-4-12-22-32/h1-28H. The summed E-state index contributed by atoms with van der Waals surface area (Å²) in [4.78, 5) is 2.54. The summed E-state index contributed by atoms with van der Waals surface area (Å²) in [6.45, 7) is 0. The molecule has 6 aromatic rings. The van der Waals surface area contributed by atoms with E-state index in [0.717, 1.165) is 0 Å². The van der Waals surface area contributed by atoms with Crippen LogP contribution in [-0.4, -0.2) is 0 Å². The largest absolute Gasteiger partial charge is 0.0901 e. The van der Waals surface area contributed by atoms with Gasteiger partial charge in [0.2, 0.25) is 0 Å². The molecule has 0 amide bonds. The van der Waals surface area contributed by atoms with Gasteiger partial charge in [0.1, 0.15) is 0 Å². The lowest BCUT2D eigenvalue weighted by atomic mass is 10.3. The van der Waals surface area contributed by atoms with Gasteiger partial charge in [-0.2, -0.15) is 0 Å². The van der Waals surface area contributed by atoms with Crippen LogP contribution in [0.4, 0.5) is 0 Å². The van der Waals surface area contributed by atoms with E-state index in [1.54, 1.807) is 0 Å². The molecule has 0 aliphatic carbocycles. The lowest BCUT2D eigenvalue weighted by Crippen LogP contribution is -2.20. The Kier molecular flexibility index (Phi) is 8.32. The van der Waals surface area contributed by atoms with Gasteiger partial charge in [-0.15, -0.1) is 0 Å². The molecular formula is C36H28P2S. The quantitative estimate of drug-likeness (QED) is 0.177. The third-order valence-electron chi connectivity index (χ3n) is 6.44. The first-order chi connectivity index (χ1) is 19.3. The first-order valence-electron chi connectivity index (χ1n) is 13.0. The topological polar surface area (TPSA) is 0 Å². The van der Waals surface area contributed by atoms with Gasteiger partial charge < -0.3 is 0 Å². The first kappa shape index (κ1) is 25.8. The van der Waals surface area contributed by atoms with Crippen LogP contribution in [0.1, 0.15) is 0 Å². The monoisotopic (exact) mass is 554 g/mol. The summed E-state index contributed by atoms with van der Waals surface area (Å²) in [5.74, 6) is 0. The molecule has 0 atom stereocenters. The second kappa shape index (κ2) is 12.6.